The summed E-state index contributed by atoms with van der Waals surface area (Å²) in [5.74, 6) is -0.750. The maximum atomic E-state index is 13.8. The topological polar surface area (TPSA) is 108 Å². The lowest BCUT2D eigenvalue weighted by atomic mass is 9.92. The SMILES string of the molecule is CCNC(=O)Nc1ccc2c(c1)CC[C@@]21OC(=O)N(CC(=O)N(C2CCCCC2)[C@H](C)c2ccccc2)C1=O. The number of rotatable bonds is 7. The summed E-state index contributed by atoms with van der Waals surface area (Å²) in [6.07, 6.45) is 5.10. The van der Waals surface area contributed by atoms with Crippen molar-refractivity contribution >= 4 is 29.6 Å². The molecule has 1 spiro atoms. The van der Waals surface area contributed by atoms with Gasteiger partial charge in [-0.1, -0.05) is 55.7 Å². The molecule has 2 aromatic carbocycles. The number of fused-ring (bicyclic) bond motifs is 2. The Hall–Kier alpha value is -3.88. The first-order chi connectivity index (χ1) is 18.8. The van der Waals surface area contributed by atoms with Crippen LogP contribution in [0.4, 0.5) is 15.3 Å². The number of aryl methyl sites for hydroxylation is 1. The summed E-state index contributed by atoms with van der Waals surface area (Å²) in [7, 11) is 0. The molecule has 2 aromatic rings. The van der Waals surface area contributed by atoms with Gasteiger partial charge in [-0.05, 0) is 56.4 Å². The van der Waals surface area contributed by atoms with Crippen molar-refractivity contribution in [3.8, 4) is 0 Å². The average molecular weight is 533 g/mol. The zero-order valence-electron chi connectivity index (χ0n) is 22.6. The van der Waals surface area contributed by atoms with Gasteiger partial charge in [-0.15, -0.1) is 0 Å². The fourth-order valence-electron chi connectivity index (χ4n) is 6.27. The standard InChI is InChI=1S/C30H36N4O5/c1-3-31-28(37)32-23-14-15-25-22(18-23)16-17-30(25)27(36)33(29(38)39-30)19-26(35)34(24-12-8-5-9-13-24)20(2)21-10-6-4-7-11-21/h4,6-7,10-11,14-15,18,20,24H,3,5,8-9,12-13,16-17,19H2,1-2H3,(H2,31,32,37)/t20-,30-/m1/s1. The number of imide groups is 1. The lowest BCUT2D eigenvalue weighted by molar-refractivity contribution is -0.144. The molecule has 1 heterocycles. The van der Waals surface area contributed by atoms with Crippen molar-refractivity contribution < 1.29 is 23.9 Å². The predicted octanol–water partition coefficient (Wildman–Crippen LogP) is 4.87. The lowest BCUT2D eigenvalue weighted by Gasteiger charge is -2.39. The van der Waals surface area contributed by atoms with Crippen LogP contribution in [0.3, 0.4) is 0 Å². The Balaban J connectivity index is 1.36. The Morgan fingerprint density at radius 3 is 2.56 bits per heavy atom. The van der Waals surface area contributed by atoms with Crippen LogP contribution >= 0.6 is 0 Å². The maximum absolute atomic E-state index is 13.8. The maximum Gasteiger partial charge on any atom is 0.418 e. The summed E-state index contributed by atoms with van der Waals surface area (Å²) >= 11 is 0. The number of carbonyl (C=O) groups is 4. The van der Waals surface area contributed by atoms with Gasteiger partial charge < -0.3 is 20.3 Å². The van der Waals surface area contributed by atoms with Crippen LogP contribution in [-0.2, 0) is 26.3 Å². The van der Waals surface area contributed by atoms with E-state index in [9.17, 15) is 19.2 Å². The van der Waals surface area contributed by atoms with E-state index >= 15 is 0 Å². The van der Waals surface area contributed by atoms with Crippen molar-refractivity contribution in [2.24, 2.45) is 0 Å². The number of benzene rings is 2. The molecule has 2 aliphatic carbocycles. The Labute approximate surface area is 228 Å². The Morgan fingerprint density at radius 1 is 1.10 bits per heavy atom. The average Bonchev–Trinajstić information content (AvgIpc) is 3.41. The molecule has 2 fully saturated rings. The van der Waals surface area contributed by atoms with E-state index in [1.807, 2.05) is 49.1 Å². The molecule has 39 heavy (non-hydrogen) atoms. The van der Waals surface area contributed by atoms with Crippen LogP contribution < -0.4 is 10.6 Å². The highest BCUT2D eigenvalue weighted by Gasteiger charge is 2.58. The summed E-state index contributed by atoms with van der Waals surface area (Å²) in [6, 6.07) is 14.6. The van der Waals surface area contributed by atoms with E-state index in [1.54, 1.807) is 18.2 Å². The molecule has 2 N–H and O–H groups in total. The second-order valence-electron chi connectivity index (χ2n) is 10.6. The number of hydrogen-bond acceptors (Lipinski definition) is 5. The molecule has 9 heteroatoms. The summed E-state index contributed by atoms with van der Waals surface area (Å²) in [4.78, 5) is 55.4. The van der Waals surface area contributed by atoms with Gasteiger partial charge in [-0.25, -0.2) is 14.5 Å². The molecule has 206 valence electrons. The molecule has 1 saturated carbocycles. The van der Waals surface area contributed by atoms with Crippen molar-refractivity contribution in [2.75, 3.05) is 18.4 Å². The molecule has 3 aliphatic rings. The van der Waals surface area contributed by atoms with Crippen molar-refractivity contribution in [1.29, 1.82) is 0 Å². The van der Waals surface area contributed by atoms with Crippen LogP contribution in [0, 0.1) is 0 Å². The number of amides is 5. The van der Waals surface area contributed by atoms with Gasteiger partial charge in [0.2, 0.25) is 11.5 Å². The highest BCUT2D eigenvalue weighted by Crippen LogP contribution is 2.46. The van der Waals surface area contributed by atoms with Gasteiger partial charge in [0, 0.05) is 30.3 Å². The third kappa shape index (κ3) is 5.10. The molecule has 5 rings (SSSR count). The van der Waals surface area contributed by atoms with Gasteiger partial charge in [-0.3, -0.25) is 9.59 Å². The zero-order chi connectivity index (χ0) is 27.6. The van der Waals surface area contributed by atoms with Crippen LogP contribution in [0.25, 0.3) is 0 Å². The molecule has 1 saturated heterocycles. The van der Waals surface area contributed by atoms with E-state index in [1.165, 1.54) is 0 Å². The van der Waals surface area contributed by atoms with Crippen LogP contribution in [0.5, 0.6) is 0 Å². The van der Waals surface area contributed by atoms with Crippen LogP contribution in [0.15, 0.2) is 48.5 Å². The number of nitrogens with one attached hydrogen (secondary N) is 2. The molecular weight excluding hydrogens is 496 g/mol. The van der Waals surface area contributed by atoms with E-state index in [4.69, 9.17) is 4.74 Å². The smallest absolute Gasteiger partial charge is 0.418 e. The molecule has 0 unspecified atom stereocenters. The minimum absolute atomic E-state index is 0.0622. The zero-order valence-corrected chi connectivity index (χ0v) is 22.6. The van der Waals surface area contributed by atoms with E-state index in [0.717, 1.165) is 48.1 Å². The fourth-order valence-corrected chi connectivity index (χ4v) is 6.27. The van der Waals surface area contributed by atoms with E-state index in [2.05, 4.69) is 10.6 Å². The van der Waals surface area contributed by atoms with Gasteiger partial charge in [0.05, 0.1) is 6.04 Å². The Bertz CT molecular complexity index is 1260. The van der Waals surface area contributed by atoms with Crippen molar-refractivity contribution in [2.45, 2.75) is 76.5 Å². The molecule has 2 atom stereocenters. The van der Waals surface area contributed by atoms with Crippen LogP contribution in [-0.4, -0.2) is 52.9 Å². The quantitative estimate of drug-likeness (QED) is 0.529. The predicted molar refractivity (Wildman–Crippen MR) is 146 cm³/mol. The molecule has 0 bridgehead atoms. The van der Waals surface area contributed by atoms with Crippen molar-refractivity contribution in [3.63, 3.8) is 0 Å². The fraction of sp³-hybridized carbons (Fsp3) is 0.467. The number of ether oxygens (including phenoxy) is 1. The molecular formula is C30H36N4O5. The first-order valence-electron chi connectivity index (χ1n) is 13.9. The van der Waals surface area contributed by atoms with E-state index < -0.39 is 17.6 Å². The number of carbonyl (C=O) groups excluding carboxylic acids is 4. The van der Waals surface area contributed by atoms with Crippen molar-refractivity contribution in [3.05, 3.63) is 65.2 Å². The minimum atomic E-state index is -1.43. The third-order valence-corrected chi connectivity index (χ3v) is 8.20. The number of nitrogens with zero attached hydrogens (tertiary/aromatic N) is 2. The van der Waals surface area contributed by atoms with Gasteiger partial charge in [-0.2, -0.15) is 0 Å². The lowest BCUT2D eigenvalue weighted by Crippen LogP contribution is -2.49. The summed E-state index contributed by atoms with van der Waals surface area (Å²) in [5.41, 5.74) is 1.63. The molecule has 9 nitrogen and oxygen atoms in total. The van der Waals surface area contributed by atoms with Crippen LogP contribution in [0.2, 0.25) is 0 Å². The van der Waals surface area contributed by atoms with Crippen molar-refractivity contribution in [1.82, 2.24) is 15.1 Å². The second kappa shape index (κ2) is 11.1. The first-order valence-corrected chi connectivity index (χ1v) is 13.9. The molecule has 1 aliphatic heterocycles. The highest BCUT2D eigenvalue weighted by atomic mass is 16.6. The van der Waals surface area contributed by atoms with E-state index in [0.29, 0.717) is 30.6 Å². The van der Waals surface area contributed by atoms with Gasteiger partial charge >= 0.3 is 12.1 Å². The van der Waals surface area contributed by atoms with Crippen LogP contribution in [0.1, 0.15) is 75.1 Å². The summed E-state index contributed by atoms with van der Waals surface area (Å²) in [5, 5.41) is 5.45. The first kappa shape index (κ1) is 26.7. The largest absolute Gasteiger partial charge is 0.427 e. The van der Waals surface area contributed by atoms with Gasteiger partial charge in [0.15, 0.2) is 0 Å². The highest BCUT2D eigenvalue weighted by molar-refractivity contribution is 6.06. The van der Waals surface area contributed by atoms with Gasteiger partial charge in [0.1, 0.15) is 6.54 Å². The Morgan fingerprint density at radius 2 is 1.85 bits per heavy atom. The molecule has 0 aromatic heterocycles. The Kier molecular flexibility index (Phi) is 7.59. The summed E-state index contributed by atoms with van der Waals surface area (Å²) < 4.78 is 5.76. The summed E-state index contributed by atoms with van der Waals surface area (Å²) in [6.45, 7) is 3.99. The normalized spacial score (nSPS) is 21.4. The monoisotopic (exact) mass is 532 g/mol. The second-order valence-corrected chi connectivity index (χ2v) is 10.6. The number of anilines is 1. The number of hydrogen-bond donors (Lipinski definition) is 2. The third-order valence-electron chi connectivity index (χ3n) is 8.20. The minimum Gasteiger partial charge on any atom is -0.427 e. The van der Waals surface area contributed by atoms with Gasteiger partial charge in [0.25, 0.3) is 5.91 Å². The molecule has 0 radical (unpaired) electrons. The van der Waals surface area contributed by atoms with E-state index in [-0.39, 0.29) is 30.6 Å². The molecule has 5 amide bonds. The number of urea groups is 1.